The van der Waals surface area contributed by atoms with E-state index in [1.807, 2.05) is 34.9 Å². The number of hydrogen-bond acceptors (Lipinski definition) is 3. The molecule has 2 aromatic heterocycles. The first kappa shape index (κ1) is 12.1. The van der Waals surface area contributed by atoms with E-state index in [0.29, 0.717) is 11.3 Å². The molecule has 3 aromatic rings. The molecule has 2 N–H and O–H groups in total. The minimum Gasteiger partial charge on any atom is -0.390 e. The third-order valence-corrected chi connectivity index (χ3v) is 3.50. The van der Waals surface area contributed by atoms with Gasteiger partial charge in [0.15, 0.2) is 4.77 Å². The van der Waals surface area contributed by atoms with Crippen LogP contribution in [-0.2, 0) is 13.2 Å². The zero-order valence-electron chi connectivity index (χ0n) is 10.2. The highest BCUT2D eigenvalue weighted by molar-refractivity contribution is 7.71. The third-order valence-electron chi connectivity index (χ3n) is 3.16. The Labute approximate surface area is 115 Å². The molecule has 0 aliphatic heterocycles. The second kappa shape index (κ2) is 4.95. The first-order valence-electron chi connectivity index (χ1n) is 6.00. The Morgan fingerprint density at radius 3 is 2.95 bits per heavy atom. The van der Waals surface area contributed by atoms with Crippen LogP contribution in [0, 0.1) is 4.77 Å². The number of nitrogens with one attached hydrogen (secondary N) is 1. The quantitative estimate of drug-likeness (QED) is 0.720. The number of aliphatic hydroxyl groups excluding tert-OH is 1. The van der Waals surface area contributed by atoms with Crippen molar-refractivity contribution in [2.24, 2.45) is 0 Å². The van der Waals surface area contributed by atoms with Crippen molar-refractivity contribution in [1.29, 1.82) is 0 Å². The van der Waals surface area contributed by atoms with Crippen LogP contribution in [0.15, 0.2) is 42.7 Å². The Bertz CT molecular complexity index is 770. The predicted octanol–water partition coefficient (Wildman–Crippen LogP) is 2.63. The van der Waals surface area contributed by atoms with Crippen LogP contribution >= 0.6 is 12.2 Å². The average Bonchev–Trinajstić information content (AvgIpc) is 2.80. The van der Waals surface area contributed by atoms with E-state index in [0.717, 1.165) is 22.2 Å². The number of nitrogens with zero attached hydrogens (tertiary/aromatic N) is 2. The SMILES string of the molecule is OCc1c[nH]c(=S)n1Cc1cccc2cccnc12. The molecule has 0 radical (unpaired) electrons. The molecule has 0 aliphatic carbocycles. The molecule has 96 valence electrons. The highest BCUT2D eigenvalue weighted by Gasteiger charge is 2.07. The number of H-pyrrole nitrogens is 1. The van der Waals surface area contributed by atoms with E-state index >= 15 is 0 Å². The number of rotatable bonds is 3. The molecule has 0 spiro atoms. The molecular formula is C14H13N3OS. The number of pyridine rings is 1. The summed E-state index contributed by atoms with van der Waals surface area (Å²) in [6, 6.07) is 10.0. The van der Waals surface area contributed by atoms with Gasteiger partial charge in [-0.1, -0.05) is 24.3 Å². The summed E-state index contributed by atoms with van der Waals surface area (Å²) < 4.78 is 2.50. The third kappa shape index (κ3) is 2.18. The average molecular weight is 271 g/mol. The maximum atomic E-state index is 9.32. The van der Waals surface area contributed by atoms with Gasteiger partial charge in [-0.25, -0.2) is 0 Å². The van der Waals surface area contributed by atoms with Gasteiger partial charge in [0.1, 0.15) is 0 Å². The van der Waals surface area contributed by atoms with Crippen LogP contribution < -0.4 is 0 Å². The molecule has 0 fully saturated rings. The van der Waals surface area contributed by atoms with E-state index in [4.69, 9.17) is 12.2 Å². The van der Waals surface area contributed by atoms with Gasteiger partial charge in [0.25, 0.3) is 0 Å². The monoisotopic (exact) mass is 271 g/mol. The summed E-state index contributed by atoms with van der Waals surface area (Å²) in [6.07, 6.45) is 3.52. The topological polar surface area (TPSA) is 53.8 Å². The van der Waals surface area contributed by atoms with Crippen molar-refractivity contribution in [1.82, 2.24) is 14.5 Å². The second-order valence-electron chi connectivity index (χ2n) is 4.32. The molecule has 1 aromatic carbocycles. The summed E-state index contributed by atoms with van der Waals surface area (Å²) in [5.74, 6) is 0. The largest absolute Gasteiger partial charge is 0.390 e. The fourth-order valence-electron chi connectivity index (χ4n) is 2.20. The Morgan fingerprint density at radius 2 is 2.11 bits per heavy atom. The maximum Gasteiger partial charge on any atom is 0.177 e. The molecule has 0 atom stereocenters. The summed E-state index contributed by atoms with van der Waals surface area (Å²) in [5.41, 5.74) is 2.83. The molecular weight excluding hydrogens is 258 g/mol. The lowest BCUT2D eigenvalue weighted by Gasteiger charge is -2.09. The van der Waals surface area contributed by atoms with Crippen molar-refractivity contribution >= 4 is 23.1 Å². The molecule has 0 saturated carbocycles. The fraction of sp³-hybridized carbons (Fsp3) is 0.143. The van der Waals surface area contributed by atoms with Gasteiger partial charge in [-0.05, 0) is 23.8 Å². The van der Waals surface area contributed by atoms with E-state index in [1.54, 1.807) is 12.4 Å². The van der Waals surface area contributed by atoms with Crippen molar-refractivity contribution in [2.45, 2.75) is 13.2 Å². The van der Waals surface area contributed by atoms with Gasteiger partial charge in [0, 0.05) is 17.8 Å². The molecule has 0 unspecified atom stereocenters. The van der Waals surface area contributed by atoms with Gasteiger partial charge in [-0.2, -0.15) is 0 Å². The molecule has 5 heteroatoms. The van der Waals surface area contributed by atoms with Crippen LogP contribution in [0.3, 0.4) is 0 Å². The Balaban J connectivity index is 2.11. The lowest BCUT2D eigenvalue weighted by molar-refractivity contribution is 0.271. The normalized spacial score (nSPS) is 11.0. The summed E-state index contributed by atoms with van der Waals surface area (Å²) in [6.45, 7) is 0.567. The van der Waals surface area contributed by atoms with Crippen LogP contribution in [0.25, 0.3) is 10.9 Å². The van der Waals surface area contributed by atoms with Gasteiger partial charge < -0.3 is 14.7 Å². The molecule has 0 aliphatic rings. The molecule has 2 heterocycles. The second-order valence-corrected chi connectivity index (χ2v) is 4.71. The Hall–Kier alpha value is -1.98. The first-order valence-corrected chi connectivity index (χ1v) is 6.41. The van der Waals surface area contributed by atoms with Gasteiger partial charge in [0.05, 0.1) is 24.4 Å². The van der Waals surface area contributed by atoms with Crippen LogP contribution in [-0.4, -0.2) is 19.6 Å². The standard InChI is InChI=1S/C14H13N3OS/c18-9-12-7-16-14(19)17(12)8-11-4-1-3-10-5-2-6-15-13(10)11/h1-7,18H,8-9H2,(H,16,19). The summed E-state index contributed by atoms with van der Waals surface area (Å²) in [5, 5.41) is 10.4. The first-order chi connectivity index (χ1) is 9.29. The number of benzene rings is 1. The van der Waals surface area contributed by atoms with Gasteiger partial charge in [-0.15, -0.1) is 0 Å². The Kier molecular flexibility index (Phi) is 3.15. The molecule has 3 rings (SSSR count). The van der Waals surface area contributed by atoms with Crippen LogP contribution in [0.2, 0.25) is 0 Å². The van der Waals surface area contributed by atoms with E-state index in [2.05, 4.69) is 9.97 Å². The number of imidazole rings is 1. The molecule has 0 bridgehead atoms. The number of para-hydroxylation sites is 1. The van der Waals surface area contributed by atoms with Crippen molar-refractivity contribution < 1.29 is 5.11 Å². The number of hydrogen-bond donors (Lipinski definition) is 2. The van der Waals surface area contributed by atoms with Crippen LogP contribution in [0.1, 0.15) is 11.3 Å². The van der Waals surface area contributed by atoms with E-state index in [-0.39, 0.29) is 6.61 Å². The minimum atomic E-state index is -0.0364. The summed E-state index contributed by atoms with van der Waals surface area (Å²) in [4.78, 5) is 7.38. The fourth-order valence-corrected chi connectivity index (χ4v) is 2.44. The highest BCUT2D eigenvalue weighted by Crippen LogP contribution is 2.18. The number of aromatic amines is 1. The zero-order valence-corrected chi connectivity index (χ0v) is 11.0. The smallest absolute Gasteiger partial charge is 0.177 e. The van der Waals surface area contributed by atoms with Gasteiger partial charge in [0.2, 0.25) is 0 Å². The highest BCUT2D eigenvalue weighted by atomic mass is 32.1. The minimum absolute atomic E-state index is 0.0364. The van der Waals surface area contributed by atoms with E-state index in [1.165, 1.54) is 0 Å². The number of fused-ring (bicyclic) bond motifs is 1. The molecule has 19 heavy (non-hydrogen) atoms. The van der Waals surface area contributed by atoms with Crippen molar-refractivity contribution in [2.75, 3.05) is 0 Å². The molecule has 0 amide bonds. The number of aliphatic hydroxyl groups is 1. The summed E-state index contributed by atoms with van der Waals surface area (Å²) in [7, 11) is 0. The van der Waals surface area contributed by atoms with E-state index in [9.17, 15) is 5.11 Å². The number of aromatic nitrogens is 3. The molecule has 4 nitrogen and oxygen atoms in total. The molecule has 0 saturated heterocycles. The summed E-state index contributed by atoms with van der Waals surface area (Å²) >= 11 is 5.24. The maximum absolute atomic E-state index is 9.32. The van der Waals surface area contributed by atoms with Gasteiger partial charge >= 0.3 is 0 Å². The van der Waals surface area contributed by atoms with Gasteiger partial charge in [-0.3, -0.25) is 4.98 Å². The lowest BCUT2D eigenvalue weighted by Crippen LogP contribution is -2.05. The van der Waals surface area contributed by atoms with Crippen molar-refractivity contribution in [3.8, 4) is 0 Å². The Morgan fingerprint density at radius 1 is 1.26 bits per heavy atom. The zero-order chi connectivity index (χ0) is 13.2. The van der Waals surface area contributed by atoms with Crippen LogP contribution in [0.5, 0.6) is 0 Å². The van der Waals surface area contributed by atoms with Crippen LogP contribution in [0.4, 0.5) is 0 Å². The lowest BCUT2D eigenvalue weighted by atomic mass is 10.1. The predicted molar refractivity (Wildman–Crippen MR) is 76.4 cm³/mol. The van der Waals surface area contributed by atoms with Crippen molar-refractivity contribution in [3.63, 3.8) is 0 Å². The van der Waals surface area contributed by atoms with Crippen molar-refractivity contribution in [3.05, 3.63) is 58.8 Å². The van der Waals surface area contributed by atoms with E-state index < -0.39 is 0 Å².